The second kappa shape index (κ2) is 8.48. The van der Waals surface area contributed by atoms with Crippen LogP contribution in [0.3, 0.4) is 0 Å². The molecule has 0 bridgehead atoms. The van der Waals surface area contributed by atoms with Crippen LogP contribution >= 0.6 is 11.6 Å². The molecule has 1 aromatic rings. The maximum absolute atomic E-state index is 12.3. The molecule has 0 aliphatic carbocycles. The van der Waals surface area contributed by atoms with E-state index in [2.05, 4.69) is 10.4 Å². The van der Waals surface area contributed by atoms with Crippen LogP contribution in [0, 0.1) is 0 Å². The highest BCUT2D eigenvalue weighted by Crippen LogP contribution is 2.23. The number of nitrogens with one attached hydrogen (secondary N) is 1. The summed E-state index contributed by atoms with van der Waals surface area (Å²) in [6, 6.07) is 1.84. The monoisotopic (exact) mass is 358 g/mol. The molecule has 8 heteroatoms. The standard InChI is InChI=1S/C16H27ClN4O3/c1-11(17)15(23)21(7-8-24-6)10-14(22)18-13-9-12(16(2,3)4)19-20(13)5/h9,11H,7-8,10H2,1-6H3,(H,18,22). The van der Waals surface area contributed by atoms with Gasteiger partial charge >= 0.3 is 0 Å². The van der Waals surface area contributed by atoms with Crippen LogP contribution in [0.2, 0.25) is 0 Å². The summed E-state index contributed by atoms with van der Waals surface area (Å²) >= 11 is 5.85. The maximum atomic E-state index is 12.3. The molecular weight excluding hydrogens is 332 g/mol. The minimum Gasteiger partial charge on any atom is -0.383 e. The Bertz CT molecular complexity index is 578. The van der Waals surface area contributed by atoms with Crippen molar-refractivity contribution < 1.29 is 14.3 Å². The van der Waals surface area contributed by atoms with Crippen molar-refractivity contribution in [1.29, 1.82) is 0 Å². The number of carbonyl (C=O) groups is 2. The molecule has 1 heterocycles. The Labute approximate surface area is 148 Å². The average molecular weight is 359 g/mol. The summed E-state index contributed by atoms with van der Waals surface area (Å²) < 4.78 is 6.59. The molecule has 24 heavy (non-hydrogen) atoms. The van der Waals surface area contributed by atoms with E-state index in [0.29, 0.717) is 19.0 Å². The molecule has 0 radical (unpaired) electrons. The zero-order chi connectivity index (χ0) is 18.5. The normalized spacial score (nSPS) is 12.8. The van der Waals surface area contributed by atoms with Gasteiger partial charge in [-0.1, -0.05) is 20.8 Å². The topological polar surface area (TPSA) is 76.5 Å². The van der Waals surface area contributed by atoms with E-state index in [1.54, 1.807) is 18.7 Å². The summed E-state index contributed by atoms with van der Waals surface area (Å²) in [4.78, 5) is 25.8. The van der Waals surface area contributed by atoms with E-state index >= 15 is 0 Å². The van der Waals surface area contributed by atoms with Gasteiger partial charge in [0.25, 0.3) is 0 Å². The summed E-state index contributed by atoms with van der Waals surface area (Å²) in [6.45, 7) is 8.28. The van der Waals surface area contributed by atoms with Crippen molar-refractivity contribution >= 4 is 29.2 Å². The van der Waals surface area contributed by atoms with Crippen molar-refractivity contribution in [1.82, 2.24) is 14.7 Å². The number of aromatic nitrogens is 2. The minimum atomic E-state index is -0.696. The molecule has 0 aliphatic rings. The molecule has 7 nitrogen and oxygen atoms in total. The van der Waals surface area contributed by atoms with Gasteiger partial charge in [-0.25, -0.2) is 0 Å². The Kier molecular flexibility index (Phi) is 7.23. The summed E-state index contributed by atoms with van der Waals surface area (Å²) in [5, 5.41) is 6.50. The van der Waals surface area contributed by atoms with Crippen LogP contribution in [-0.2, 0) is 26.8 Å². The number of aryl methyl sites for hydroxylation is 1. The zero-order valence-corrected chi connectivity index (χ0v) is 16.0. The quantitative estimate of drug-likeness (QED) is 0.753. The van der Waals surface area contributed by atoms with Gasteiger partial charge in [-0.05, 0) is 6.92 Å². The molecule has 1 atom stereocenters. The van der Waals surface area contributed by atoms with Gasteiger partial charge in [0.2, 0.25) is 11.8 Å². The number of ether oxygens (including phenoxy) is 1. The van der Waals surface area contributed by atoms with Crippen LogP contribution in [0.1, 0.15) is 33.4 Å². The van der Waals surface area contributed by atoms with Gasteiger partial charge in [-0.2, -0.15) is 5.10 Å². The first-order valence-electron chi connectivity index (χ1n) is 7.82. The fourth-order valence-corrected chi connectivity index (χ4v) is 2.16. The third-order valence-corrected chi connectivity index (χ3v) is 3.65. The highest BCUT2D eigenvalue weighted by molar-refractivity contribution is 6.30. The Morgan fingerprint density at radius 1 is 1.46 bits per heavy atom. The third-order valence-electron chi connectivity index (χ3n) is 3.47. The molecule has 0 fully saturated rings. The average Bonchev–Trinajstić information content (AvgIpc) is 2.83. The maximum Gasteiger partial charge on any atom is 0.245 e. The molecule has 1 rings (SSSR count). The van der Waals surface area contributed by atoms with E-state index < -0.39 is 5.38 Å². The van der Waals surface area contributed by atoms with Gasteiger partial charge in [0.1, 0.15) is 17.7 Å². The lowest BCUT2D eigenvalue weighted by atomic mass is 9.92. The van der Waals surface area contributed by atoms with Crippen LogP contribution in [0.25, 0.3) is 0 Å². The SMILES string of the molecule is COCCN(CC(=O)Nc1cc(C(C)(C)C)nn1C)C(=O)C(C)Cl. The van der Waals surface area contributed by atoms with Gasteiger partial charge in [-0.3, -0.25) is 14.3 Å². The minimum absolute atomic E-state index is 0.0880. The Balaban J connectivity index is 2.79. The Hall–Kier alpha value is -1.60. The molecular formula is C16H27ClN4O3. The van der Waals surface area contributed by atoms with Gasteiger partial charge in [-0.15, -0.1) is 11.6 Å². The van der Waals surface area contributed by atoms with E-state index in [0.717, 1.165) is 5.69 Å². The van der Waals surface area contributed by atoms with E-state index in [4.69, 9.17) is 16.3 Å². The summed E-state index contributed by atoms with van der Waals surface area (Å²) in [5.41, 5.74) is 0.761. The fourth-order valence-electron chi connectivity index (χ4n) is 2.03. The zero-order valence-electron chi connectivity index (χ0n) is 15.2. The largest absolute Gasteiger partial charge is 0.383 e. The van der Waals surface area contributed by atoms with Crippen LogP contribution < -0.4 is 5.32 Å². The lowest BCUT2D eigenvalue weighted by Crippen LogP contribution is -2.43. The molecule has 0 aliphatic heterocycles. The molecule has 1 aromatic heterocycles. The second-order valence-corrected chi connectivity index (χ2v) is 7.36. The van der Waals surface area contributed by atoms with E-state index in [-0.39, 0.29) is 23.8 Å². The number of methoxy groups -OCH3 is 1. The lowest BCUT2D eigenvalue weighted by molar-refractivity contribution is -0.134. The second-order valence-electron chi connectivity index (χ2n) is 6.71. The Morgan fingerprint density at radius 2 is 2.08 bits per heavy atom. The van der Waals surface area contributed by atoms with Crippen molar-refractivity contribution in [3.05, 3.63) is 11.8 Å². The first kappa shape index (κ1) is 20.4. The van der Waals surface area contributed by atoms with Crippen LogP contribution in [-0.4, -0.2) is 58.7 Å². The predicted molar refractivity (Wildman–Crippen MR) is 94.3 cm³/mol. The first-order chi connectivity index (χ1) is 11.1. The number of hydrogen-bond acceptors (Lipinski definition) is 4. The number of hydrogen-bond donors (Lipinski definition) is 1. The lowest BCUT2D eigenvalue weighted by Gasteiger charge is -2.22. The molecule has 136 valence electrons. The number of rotatable bonds is 7. The van der Waals surface area contributed by atoms with Gasteiger partial charge in [0, 0.05) is 32.2 Å². The summed E-state index contributed by atoms with van der Waals surface area (Å²) in [5.74, 6) is -0.0209. The molecule has 0 aromatic carbocycles. The third kappa shape index (κ3) is 5.79. The van der Waals surface area contributed by atoms with Crippen molar-refractivity contribution in [2.24, 2.45) is 7.05 Å². The molecule has 1 unspecified atom stereocenters. The number of anilines is 1. The van der Waals surface area contributed by atoms with E-state index in [9.17, 15) is 9.59 Å². The predicted octanol–water partition coefficient (Wildman–Crippen LogP) is 1.76. The number of carbonyl (C=O) groups excluding carboxylic acids is 2. The number of halogens is 1. The highest BCUT2D eigenvalue weighted by Gasteiger charge is 2.23. The summed E-state index contributed by atoms with van der Waals surface area (Å²) in [6.07, 6.45) is 0. The van der Waals surface area contributed by atoms with Gasteiger partial charge in [0.05, 0.1) is 12.3 Å². The van der Waals surface area contributed by atoms with Gasteiger partial charge in [0.15, 0.2) is 0 Å². The van der Waals surface area contributed by atoms with E-state index in [1.165, 1.54) is 12.0 Å². The fraction of sp³-hybridized carbons (Fsp3) is 0.688. The molecule has 0 spiro atoms. The van der Waals surface area contributed by atoms with E-state index in [1.807, 2.05) is 26.8 Å². The van der Waals surface area contributed by atoms with Crippen LogP contribution in [0.15, 0.2) is 6.07 Å². The van der Waals surface area contributed by atoms with Crippen molar-refractivity contribution in [2.75, 3.05) is 32.1 Å². The Morgan fingerprint density at radius 3 is 2.54 bits per heavy atom. The smallest absolute Gasteiger partial charge is 0.245 e. The van der Waals surface area contributed by atoms with Gasteiger partial charge < -0.3 is 15.0 Å². The van der Waals surface area contributed by atoms with Crippen molar-refractivity contribution in [2.45, 2.75) is 38.5 Å². The van der Waals surface area contributed by atoms with Crippen LogP contribution in [0.4, 0.5) is 5.82 Å². The first-order valence-corrected chi connectivity index (χ1v) is 8.26. The molecule has 0 saturated heterocycles. The number of alkyl halides is 1. The van der Waals surface area contributed by atoms with Crippen molar-refractivity contribution in [3.8, 4) is 0 Å². The molecule has 1 N–H and O–H groups in total. The summed E-state index contributed by atoms with van der Waals surface area (Å²) in [7, 11) is 3.30. The van der Waals surface area contributed by atoms with Crippen molar-refractivity contribution in [3.63, 3.8) is 0 Å². The molecule has 2 amide bonds. The number of nitrogens with zero attached hydrogens (tertiary/aromatic N) is 3. The number of amides is 2. The van der Waals surface area contributed by atoms with Crippen LogP contribution in [0.5, 0.6) is 0 Å². The highest BCUT2D eigenvalue weighted by atomic mass is 35.5. The molecule has 0 saturated carbocycles.